The van der Waals surface area contributed by atoms with Crippen molar-refractivity contribution in [1.29, 1.82) is 0 Å². The molecule has 19 heavy (non-hydrogen) atoms. The van der Waals surface area contributed by atoms with Gasteiger partial charge in [-0.1, -0.05) is 6.07 Å². The zero-order chi connectivity index (χ0) is 13.8. The monoisotopic (exact) mass is 261 g/mol. The molecule has 0 N–H and O–H groups in total. The fraction of sp³-hybridized carbons (Fsp3) is 0.562. The van der Waals surface area contributed by atoms with Crippen molar-refractivity contribution < 1.29 is 9.53 Å². The summed E-state index contributed by atoms with van der Waals surface area (Å²) in [5.41, 5.74) is 0.728. The van der Waals surface area contributed by atoms with Gasteiger partial charge in [0.25, 0.3) is 5.91 Å². The van der Waals surface area contributed by atoms with E-state index in [-0.39, 0.29) is 5.91 Å². The Morgan fingerprint density at radius 1 is 1.32 bits per heavy atom. The first-order valence-corrected chi connectivity index (χ1v) is 7.19. The van der Waals surface area contributed by atoms with Gasteiger partial charge in [0.1, 0.15) is 5.75 Å². The average molecular weight is 261 g/mol. The van der Waals surface area contributed by atoms with Crippen molar-refractivity contribution in [3.05, 3.63) is 29.8 Å². The lowest BCUT2D eigenvalue weighted by atomic mass is 9.96. The van der Waals surface area contributed by atoms with Crippen molar-refractivity contribution in [2.24, 2.45) is 0 Å². The first-order valence-electron chi connectivity index (χ1n) is 7.19. The Bertz CT molecular complexity index is 434. The van der Waals surface area contributed by atoms with Crippen LogP contribution < -0.4 is 4.74 Å². The molecule has 1 aromatic carbocycles. The summed E-state index contributed by atoms with van der Waals surface area (Å²) in [6.45, 7) is 6.84. The molecule has 0 bridgehead atoms. The van der Waals surface area contributed by atoms with Crippen LogP contribution in [-0.4, -0.2) is 29.5 Å². The Kier molecular flexibility index (Phi) is 4.46. The van der Waals surface area contributed by atoms with Crippen LogP contribution in [0, 0.1) is 0 Å². The van der Waals surface area contributed by atoms with Gasteiger partial charge >= 0.3 is 0 Å². The normalized spacial score (nSPS) is 23.2. The van der Waals surface area contributed by atoms with Crippen LogP contribution in [0.2, 0.25) is 0 Å². The Morgan fingerprint density at radius 2 is 2.00 bits per heavy atom. The molecular weight excluding hydrogens is 238 g/mol. The van der Waals surface area contributed by atoms with Crippen LogP contribution in [0.4, 0.5) is 0 Å². The molecule has 1 amide bonds. The van der Waals surface area contributed by atoms with Gasteiger partial charge in [-0.2, -0.15) is 0 Å². The predicted molar refractivity (Wildman–Crippen MR) is 76.6 cm³/mol. The van der Waals surface area contributed by atoms with Crippen molar-refractivity contribution in [3.63, 3.8) is 0 Å². The van der Waals surface area contributed by atoms with E-state index in [4.69, 9.17) is 4.74 Å². The van der Waals surface area contributed by atoms with Gasteiger partial charge in [-0.25, -0.2) is 0 Å². The smallest absolute Gasteiger partial charge is 0.254 e. The molecule has 1 fully saturated rings. The maximum absolute atomic E-state index is 12.6. The number of hydrogen-bond donors (Lipinski definition) is 0. The second-order valence-corrected chi connectivity index (χ2v) is 5.30. The molecule has 2 rings (SSSR count). The maximum atomic E-state index is 12.6. The molecule has 1 saturated heterocycles. The van der Waals surface area contributed by atoms with Gasteiger partial charge in [-0.05, 0) is 58.2 Å². The van der Waals surface area contributed by atoms with Crippen molar-refractivity contribution in [2.75, 3.05) is 6.61 Å². The van der Waals surface area contributed by atoms with Gasteiger partial charge in [-0.3, -0.25) is 4.79 Å². The Morgan fingerprint density at radius 3 is 2.63 bits per heavy atom. The summed E-state index contributed by atoms with van der Waals surface area (Å²) in [4.78, 5) is 14.7. The predicted octanol–water partition coefficient (Wildman–Crippen LogP) is 3.49. The van der Waals surface area contributed by atoms with Crippen LogP contribution in [0.25, 0.3) is 0 Å². The van der Waals surface area contributed by atoms with Crippen molar-refractivity contribution in [1.82, 2.24) is 4.90 Å². The molecule has 3 nitrogen and oxygen atoms in total. The molecule has 0 radical (unpaired) electrons. The number of carbonyl (C=O) groups excluding carboxylic acids is 1. The number of piperidine rings is 1. The van der Waals surface area contributed by atoms with E-state index in [0.717, 1.165) is 24.2 Å². The van der Waals surface area contributed by atoms with Gasteiger partial charge in [0.05, 0.1) is 6.61 Å². The summed E-state index contributed by atoms with van der Waals surface area (Å²) < 4.78 is 5.47. The Hall–Kier alpha value is -1.51. The van der Waals surface area contributed by atoms with Crippen LogP contribution in [-0.2, 0) is 0 Å². The molecule has 104 valence electrons. The number of likely N-dealkylation sites (tertiary alicyclic amines) is 1. The minimum Gasteiger partial charge on any atom is -0.494 e. The van der Waals surface area contributed by atoms with Crippen LogP contribution in [0.5, 0.6) is 5.75 Å². The summed E-state index contributed by atoms with van der Waals surface area (Å²) in [6, 6.07) is 8.15. The standard InChI is InChI=1S/C16H23NO2/c1-4-19-15-10-6-9-14(11-15)16(18)17-12(2)7-5-8-13(17)3/h6,9-13H,4-5,7-8H2,1-3H3. The molecule has 0 saturated carbocycles. The highest BCUT2D eigenvalue weighted by atomic mass is 16.5. The van der Waals surface area contributed by atoms with E-state index in [2.05, 4.69) is 13.8 Å². The van der Waals surface area contributed by atoms with Gasteiger partial charge in [0, 0.05) is 17.6 Å². The van der Waals surface area contributed by atoms with Gasteiger partial charge in [-0.15, -0.1) is 0 Å². The van der Waals surface area contributed by atoms with E-state index in [9.17, 15) is 4.79 Å². The van der Waals surface area contributed by atoms with Crippen molar-refractivity contribution in [3.8, 4) is 5.75 Å². The zero-order valence-electron chi connectivity index (χ0n) is 12.1. The van der Waals surface area contributed by atoms with Crippen molar-refractivity contribution in [2.45, 2.75) is 52.1 Å². The average Bonchev–Trinajstić information content (AvgIpc) is 2.39. The molecule has 3 heteroatoms. The summed E-state index contributed by atoms with van der Waals surface area (Å²) in [6.07, 6.45) is 3.41. The highest BCUT2D eigenvalue weighted by molar-refractivity contribution is 5.95. The number of benzene rings is 1. The van der Waals surface area contributed by atoms with E-state index >= 15 is 0 Å². The van der Waals surface area contributed by atoms with Gasteiger partial charge < -0.3 is 9.64 Å². The quantitative estimate of drug-likeness (QED) is 0.833. The first-order chi connectivity index (χ1) is 9.13. The molecule has 1 heterocycles. The fourth-order valence-corrected chi connectivity index (χ4v) is 2.86. The summed E-state index contributed by atoms with van der Waals surface area (Å²) in [5, 5.41) is 0. The second-order valence-electron chi connectivity index (χ2n) is 5.30. The summed E-state index contributed by atoms with van der Waals surface area (Å²) in [7, 11) is 0. The molecule has 0 aliphatic carbocycles. The minimum absolute atomic E-state index is 0.126. The Labute approximate surface area is 115 Å². The van der Waals surface area contributed by atoms with Crippen LogP contribution in [0.1, 0.15) is 50.4 Å². The van der Waals surface area contributed by atoms with Gasteiger partial charge in [0.15, 0.2) is 0 Å². The van der Waals surface area contributed by atoms with Crippen LogP contribution in [0.3, 0.4) is 0 Å². The van der Waals surface area contributed by atoms with E-state index in [1.165, 1.54) is 6.42 Å². The summed E-state index contributed by atoms with van der Waals surface area (Å²) >= 11 is 0. The molecule has 2 unspecified atom stereocenters. The topological polar surface area (TPSA) is 29.5 Å². The highest BCUT2D eigenvalue weighted by Gasteiger charge is 2.29. The van der Waals surface area contributed by atoms with E-state index in [1.54, 1.807) is 0 Å². The summed E-state index contributed by atoms with van der Waals surface area (Å²) in [5.74, 6) is 0.895. The lowest BCUT2D eigenvalue weighted by Gasteiger charge is -2.39. The molecule has 0 aromatic heterocycles. The molecule has 1 aromatic rings. The van der Waals surface area contributed by atoms with Gasteiger partial charge in [0.2, 0.25) is 0 Å². The number of carbonyl (C=O) groups is 1. The molecule has 2 atom stereocenters. The second kappa shape index (κ2) is 6.09. The lowest BCUT2D eigenvalue weighted by Crippen LogP contribution is -2.47. The van der Waals surface area contributed by atoms with E-state index in [0.29, 0.717) is 18.7 Å². The van der Waals surface area contributed by atoms with Crippen LogP contribution in [0.15, 0.2) is 24.3 Å². The third-order valence-corrected chi connectivity index (χ3v) is 3.82. The molecule has 1 aliphatic heterocycles. The third-order valence-electron chi connectivity index (χ3n) is 3.82. The maximum Gasteiger partial charge on any atom is 0.254 e. The lowest BCUT2D eigenvalue weighted by molar-refractivity contribution is 0.0510. The number of nitrogens with zero attached hydrogens (tertiary/aromatic N) is 1. The first kappa shape index (κ1) is 13.9. The van der Waals surface area contributed by atoms with E-state index in [1.807, 2.05) is 36.1 Å². The molecule has 0 spiro atoms. The van der Waals surface area contributed by atoms with Crippen molar-refractivity contribution >= 4 is 5.91 Å². The number of rotatable bonds is 3. The fourth-order valence-electron chi connectivity index (χ4n) is 2.86. The largest absolute Gasteiger partial charge is 0.494 e. The number of ether oxygens (including phenoxy) is 1. The van der Waals surface area contributed by atoms with E-state index < -0.39 is 0 Å². The number of hydrogen-bond acceptors (Lipinski definition) is 2. The highest BCUT2D eigenvalue weighted by Crippen LogP contribution is 2.25. The zero-order valence-corrected chi connectivity index (χ0v) is 12.1. The number of amides is 1. The Balaban J connectivity index is 2.20. The third kappa shape index (κ3) is 3.09. The van der Waals surface area contributed by atoms with Crippen LogP contribution >= 0.6 is 0 Å². The molecule has 1 aliphatic rings. The molecular formula is C16H23NO2. The minimum atomic E-state index is 0.126. The SMILES string of the molecule is CCOc1cccc(C(=O)N2C(C)CCCC2C)c1.